The summed E-state index contributed by atoms with van der Waals surface area (Å²) in [7, 11) is 1.44. The molecule has 5 nitrogen and oxygen atoms in total. The molecular weight excluding hydrogens is 220 g/mol. The monoisotopic (exact) mass is 230 g/mol. The van der Waals surface area contributed by atoms with Gasteiger partial charge in [-0.2, -0.15) is 0 Å². The molecule has 0 aliphatic carbocycles. The first-order chi connectivity index (χ1) is 8.22. The van der Waals surface area contributed by atoms with Crippen molar-refractivity contribution in [3.8, 4) is 17.0 Å². The highest BCUT2D eigenvalue weighted by molar-refractivity contribution is 5.96. The van der Waals surface area contributed by atoms with E-state index in [1.54, 1.807) is 24.5 Å². The van der Waals surface area contributed by atoms with Gasteiger partial charge in [0.15, 0.2) is 0 Å². The Morgan fingerprint density at radius 3 is 2.82 bits per heavy atom. The van der Waals surface area contributed by atoms with Gasteiger partial charge in [0.1, 0.15) is 0 Å². The van der Waals surface area contributed by atoms with E-state index < -0.39 is 5.97 Å². The molecule has 0 saturated carbocycles. The average molecular weight is 230 g/mol. The zero-order chi connectivity index (χ0) is 12.3. The van der Waals surface area contributed by atoms with E-state index in [-0.39, 0.29) is 11.4 Å². The Morgan fingerprint density at radius 2 is 2.24 bits per heavy atom. The first-order valence-electron chi connectivity index (χ1n) is 4.90. The van der Waals surface area contributed by atoms with E-state index in [1.807, 2.05) is 0 Å². The standard InChI is InChI=1S/C12H10N2O3/c1-17-11-5-9(12(15)16)10(7-14-11)8-3-2-4-13-6-8/h2-7H,1H3,(H,15,16). The number of carboxylic acid groups (broad SMARTS) is 1. The molecule has 0 radical (unpaired) electrons. The third kappa shape index (κ3) is 2.23. The van der Waals surface area contributed by atoms with Gasteiger partial charge in [-0.25, -0.2) is 9.78 Å². The largest absolute Gasteiger partial charge is 0.481 e. The van der Waals surface area contributed by atoms with Crippen molar-refractivity contribution in [2.24, 2.45) is 0 Å². The van der Waals surface area contributed by atoms with E-state index in [1.165, 1.54) is 19.4 Å². The molecule has 1 N–H and O–H groups in total. The van der Waals surface area contributed by atoms with Crippen LogP contribution in [0, 0.1) is 0 Å². The lowest BCUT2D eigenvalue weighted by Gasteiger charge is -2.07. The molecule has 0 bridgehead atoms. The van der Waals surface area contributed by atoms with Crippen molar-refractivity contribution in [3.63, 3.8) is 0 Å². The maximum atomic E-state index is 11.2. The van der Waals surface area contributed by atoms with Gasteiger partial charge in [0, 0.05) is 35.8 Å². The zero-order valence-electron chi connectivity index (χ0n) is 9.12. The predicted octanol–water partition coefficient (Wildman–Crippen LogP) is 1.85. The van der Waals surface area contributed by atoms with Crippen LogP contribution in [0.2, 0.25) is 0 Å². The molecule has 2 heterocycles. The number of carbonyl (C=O) groups is 1. The molecule has 86 valence electrons. The van der Waals surface area contributed by atoms with Gasteiger partial charge in [-0.05, 0) is 6.07 Å². The van der Waals surface area contributed by atoms with Gasteiger partial charge in [-0.15, -0.1) is 0 Å². The summed E-state index contributed by atoms with van der Waals surface area (Å²) in [6.07, 6.45) is 4.69. The third-order valence-electron chi connectivity index (χ3n) is 2.29. The fraction of sp³-hybridized carbons (Fsp3) is 0.0833. The van der Waals surface area contributed by atoms with Gasteiger partial charge in [-0.3, -0.25) is 4.98 Å². The van der Waals surface area contributed by atoms with E-state index in [4.69, 9.17) is 9.84 Å². The van der Waals surface area contributed by atoms with Crippen LogP contribution in [0.1, 0.15) is 10.4 Å². The minimum atomic E-state index is -1.02. The van der Waals surface area contributed by atoms with E-state index in [0.29, 0.717) is 11.1 Å². The molecule has 0 fully saturated rings. The summed E-state index contributed by atoms with van der Waals surface area (Å²) in [5.74, 6) is -0.750. The molecular formula is C12H10N2O3. The van der Waals surface area contributed by atoms with Crippen molar-refractivity contribution in [1.29, 1.82) is 0 Å². The summed E-state index contributed by atoms with van der Waals surface area (Å²) >= 11 is 0. The first-order valence-corrected chi connectivity index (χ1v) is 4.90. The number of hydrogen-bond acceptors (Lipinski definition) is 4. The van der Waals surface area contributed by atoms with Gasteiger partial charge < -0.3 is 9.84 Å². The lowest BCUT2D eigenvalue weighted by Crippen LogP contribution is -2.02. The van der Waals surface area contributed by atoms with Crippen LogP contribution >= 0.6 is 0 Å². The highest BCUT2D eigenvalue weighted by atomic mass is 16.5. The summed E-state index contributed by atoms with van der Waals surface area (Å²) < 4.78 is 4.91. The number of aromatic carboxylic acids is 1. The zero-order valence-corrected chi connectivity index (χ0v) is 9.12. The molecule has 0 amide bonds. The second kappa shape index (κ2) is 4.61. The second-order valence-corrected chi connectivity index (χ2v) is 3.32. The number of pyridine rings is 2. The molecule has 5 heteroatoms. The average Bonchev–Trinajstić information content (AvgIpc) is 2.39. The number of rotatable bonds is 3. The molecule has 0 spiro atoms. The quantitative estimate of drug-likeness (QED) is 0.871. The highest BCUT2D eigenvalue weighted by Gasteiger charge is 2.13. The van der Waals surface area contributed by atoms with Crippen LogP contribution in [0.5, 0.6) is 5.88 Å². The van der Waals surface area contributed by atoms with Gasteiger partial charge in [0.2, 0.25) is 5.88 Å². The molecule has 0 saturated heterocycles. The summed E-state index contributed by atoms with van der Waals surface area (Å²) in [5.41, 5.74) is 1.37. The van der Waals surface area contributed by atoms with Gasteiger partial charge in [0.05, 0.1) is 12.7 Å². The van der Waals surface area contributed by atoms with Crippen molar-refractivity contribution in [1.82, 2.24) is 9.97 Å². The Bertz CT molecular complexity index is 541. The number of aromatic nitrogens is 2. The van der Waals surface area contributed by atoms with Crippen molar-refractivity contribution in [3.05, 3.63) is 42.4 Å². The number of methoxy groups -OCH3 is 1. The lowest BCUT2D eigenvalue weighted by atomic mass is 10.0. The summed E-state index contributed by atoms with van der Waals surface area (Å²) in [6.45, 7) is 0. The van der Waals surface area contributed by atoms with Gasteiger partial charge in [0.25, 0.3) is 0 Å². The number of hydrogen-bond donors (Lipinski definition) is 1. The second-order valence-electron chi connectivity index (χ2n) is 3.32. The minimum absolute atomic E-state index is 0.143. The van der Waals surface area contributed by atoms with Crippen LogP contribution in [0.4, 0.5) is 0 Å². The van der Waals surface area contributed by atoms with E-state index in [2.05, 4.69) is 9.97 Å². The SMILES string of the molecule is COc1cc(C(=O)O)c(-c2cccnc2)cn1. The molecule has 2 rings (SSSR count). The number of ether oxygens (including phenoxy) is 1. The molecule has 0 unspecified atom stereocenters. The summed E-state index contributed by atoms with van der Waals surface area (Å²) in [6, 6.07) is 4.92. The van der Waals surface area contributed by atoms with Crippen molar-refractivity contribution < 1.29 is 14.6 Å². The number of carboxylic acids is 1. The van der Waals surface area contributed by atoms with E-state index in [0.717, 1.165) is 0 Å². The molecule has 0 aliphatic rings. The Balaban J connectivity index is 2.58. The van der Waals surface area contributed by atoms with Crippen LogP contribution in [-0.2, 0) is 0 Å². The molecule has 2 aromatic heterocycles. The molecule has 0 atom stereocenters. The fourth-order valence-electron chi connectivity index (χ4n) is 1.48. The van der Waals surface area contributed by atoms with E-state index in [9.17, 15) is 4.79 Å². The Hall–Kier alpha value is -2.43. The predicted molar refractivity (Wildman–Crippen MR) is 61.0 cm³/mol. The third-order valence-corrected chi connectivity index (χ3v) is 2.29. The van der Waals surface area contributed by atoms with Gasteiger partial charge in [-0.1, -0.05) is 6.07 Å². The Kier molecular flexibility index (Phi) is 3.00. The van der Waals surface area contributed by atoms with Crippen LogP contribution in [0.25, 0.3) is 11.1 Å². The molecule has 0 aliphatic heterocycles. The summed E-state index contributed by atoms with van der Waals surface area (Å²) in [4.78, 5) is 19.1. The topological polar surface area (TPSA) is 72.3 Å². The maximum absolute atomic E-state index is 11.2. The first kappa shape index (κ1) is 11.1. The number of nitrogens with zero attached hydrogens (tertiary/aromatic N) is 2. The lowest BCUT2D eigenvalue weighted by molar-refractivity contribution is 0.0697. The normalized spacial score (nSPS) is 9.94. The molecule has 0 aromatic carbocycles. The van der Waals surface area contributed by atoms with Crippen LogP contribution in [-0.4, -0.2) is 28.2 Å². The molecule has 2 aromatic rings. The van der Waals surface area contributed by atoms with Crippen LogP contribution in [0.15, 0.2) is 36.8 Å². The van der Waals surface area contributed by atoms with Gasteiger partial charge >= 0.3 is 5.97 Å². The smallest absolute Gasteiger partial charge is 0.336 e. The van der Waals surface area contributed by atoms with Crippen molar-refractivity contribution in [2.45, 2.75) is 0 Å². The van der Waals surface area contributed by atoms with Crippen molar-refractivity contribution >= 4 is 5.97 Å². The van der Waals surface area contributed by atoms with Crippen LogP contribution in [0.3, 0.4) is 0 Å². The fourth-order valence-corrected chi connectivity index (χ4v) is 1.48. The summed E-state index contributed by atoms with van der Waals surface area (Å²) in [5, 5.41) is 9.14. The van der Waals surface area contributed by atoms with Crippen LogP contribution < -0.4 is 4.74 Å². The minimum Gasteiger partial charge on any atom is -0.481 e. The Labute approximate surface area is 97.7 Å². The maximum Gasteiger partial charge on any atom is 0.336 e. The van der Waals surface area contributed by atoms with Crippen molar-refractivity contribution in [2.75, 3.05) is 7.11 Å². The molecule has 17 heavy (non-hydrogen) atoms. The van der Waals surface area contributed by atoms with E-state index >= 15 is 0 Å². The highest BCUT2D eigenvalue weighted by Crippen LogP contribution is 2.24. The Morgan fingerprint density at radius 1 is 1.41 bits per heavy atom.